The van der Waals surface area contributed by atoms with E-state index in [1.54, 1.807) is 25.4 Å². The van der Waals surface area contributed by atoms with Gasteiger partial charge in [0.15, 0.2) is 11.6 Å². The molecular formula is C15H14N4O4S. The first kappa shape index (κ1) is 16.2. The van der Waals surface area contributed by atoms with Crippen molar-refractivity contribution >= 4 is 27.5 Å². The fourth-order valence-electron chi connectivity index (χ4n) is 2.15. The van der Waals surface area contributed by atoms with Crippen molar-refractivity contribution < 1.29 is 14.3 Å². The number of hydrogen-bond donors (Lipinski definition) is 1. The summed E-state index contributed by atoms with van der Waals surface area (Å²) in [7, 11) is 1.52. The zero-order chi connectivity index (χ0) is 17.1. The third-order valence-electron chi connectivity index (χ3n) is 3.28. The number of aromatic amines is 1. The van der Waals surface area contributed by atoms with Crippen LogP contribution in [0.15, 0.2) is 23.3 Å². The molecule has 0 aliphatic rings. The van der Waals surface area contributed by atoms with Crippen molar-refractivity contribution in [2.75, 3.05) is 20.3 Å². The lowest BCUT2D eigenvalue weighted by Gasteiger charge is -2.02. The monoisotopic (exact) mass is 346 g/mol. The molecule has 0 atom stereocenters. The number of nitrogens with one attached hydrogen (secondary N) is 1. The molecule has 0 aliphatic heterocycles. The zero-order valence-corrected chi connectivity index (χ0v) is 13.8. The minimum absolute atomic E-state index is 0.149. The van der Waals surface area contributed by atoms with Gasteiger partial charge in [0.25, 0.3) is 5.56 Å². The molecule has 1 N–H and O–H groups in total. The summed E-state index contributed by atoms with van der Waals surface area (Å²) in [5, 5.41) is 0.373. The molecule has 0 saturated carbocycles. The molecule has 0 saturated heterocycles. The Bertz CT molecular complexity index is 936. The molecule has 0 unspecified atom stereocenters. The predicted octanol–water partition coefficient (Wildman–Crippen LogP) is 1.55. The zero-order valence-electron chi connectivity index (χ0n) is 13.0. The van der Waals surface area contributed by atoms with Gasteiger partial charge in [-0.2, -0.15) is 0 Å². The highest BCUT2D eigenvalue weighted by molar-refractivity contribution is 7.20. The lowest BCUT2D eigenvalue weighted by atomic mass is 10.2. The Hall–Kier alpha value is -2.65. The summed E-state index contributed by atoms with van der Waals surface area (Å²) in [4.78, 5) is 40.5. The molecule has 0 spiro atoms. The third-order valence-corrected chi connectivity index (χ3v) is 4.45. The van der Waals surface area contributed by atoms with Crippen LogP contribution in [0.2, 0.25) is 0 Å². The minimum Gasteiger partial charge on any atom is -0.459 e. The Morgan fingerprint density at radius 2 is 2.04 bits per heavy atom. The van der Waals surface area contributed by atoms with E-state index in [2.05, 4.69) is 19.9 Å². The van der Waals surface area contributed by atoms with Gasteiger partial charge in [-0.05, 0) is 18.6 Å². The van der Waals surface area contributed by atoms with E-state index >= 15 is 0 Å². The summed E-state index contributed by atoms with van der Waals surface area (Å²) in [5.41, 5.74) is 0.207. The number of esters is 1. The predicted molar refractivity (Wildman–Crippen MR) is 88.2 cm³/mol. The molecule has 0 radical (unpaired) electrons. The average molecular weight is 346 g/mol. The maximum Gasteiger partial charge on any atom is 0.348 e. The number of carbonyl (C=O) groups is 1. The van der Waals surface area contributed by atoms with Crippen LogP contribution in [-0.4, -0.2) is 46.2 Å². The van der Waals surface area contributed by atoms with Crippen molar-refractivity contribution in [1.29, 1.82) is 0 Å². The van der Waals surface area contributed by atoms with E-state index in [1.165, 1.54) is 7.11 Å². The van der Waals surface area contributed by atoms with Crippen LogP contribution in [0.3, 0.4) is 0 Å². The minimum atomic E-state index is -0.496. The van der Waals surface area contributed by atoms with Gasteiger partial charge in [-0.1, -0.05) is 0 Å². The number of H-pyrrole nitrogens is 1. The van der Waals surface area contributed by atoms with Crippen LogP contribution in [0.4, 0.5) is 0 Å². The number of carbonyl (C=O) groups excluding carboxylic acids is 1. The fraction of sp³-hybridized carbons (Fsp3) is 0.267. The first-order chi connectivity index (χ1) is 11.6. The topological polar surface area (TPSA) is 107 Å². The number of aryl methyl sites for hydroxylation is 1. The molecule has 0 fully saturated rings. The van der Waals surface area contributed by atoms with Gasteiger partial charge < -0.3 is 14.5 Å². The molecule has 8 nitrogen and oxygen atoms in total. The van der Waals surface area contributed by atoms with E-state index in [-0.39, 0.29) is 18.0 Å². The lowest BCUT2D eigenvalue weighted by Crippen LogP contribution is -2.11. The van der Waals surface area contributed by atoms with Crippen molar-refractivity contribution in [2.45, 2.75) is 6.92 Å². The number of thiophene rings is 1. The molecule has 3 aromatic heterocycles. The van der Waals surface area contributed by atoms with Crippen LogP contribution in [0.25, 0.3) is 21.9 Å². The highest BCUT2D eigenvalue weighted by Crippen LogP contribution is 2.28. The molecule has 24 heavy (non-hydrogen) atoms. The standard InChI is InChI=1S/C15H14N4O4S/c1-8-9-13(20)18-12(11-16-4-3-5-17-11)19-14(9)24-10(8)15(21)23-7-6-22-2/h3-5H,6-7H2,1-2H3,(H,18,19,20). The van der Waals surface area contributed by atoms with Gasteiger partial charge in [0.1, 0.15) is 16.3 Å². The van der Waals surface area contributed by atoms with E-state index < -0.39 is 5.97 Å². The third kappa shape index (κ3) is 3.03. The molecular weight excluding hydrogens is 332 g/mol. The van der Waals surface area contributed by atoms with Crippen LogP contribution in [0.1, 0.15) is 15.2 Å². The van der Waals surface area contributed by atoms with Gasteiger partial charge >= 0.3 is 5.97 Å². The molecule has 3 aromatic rings. The van der Waals surface area contributed by atoms with Crippen molar-refractivity contribution in [2.24, 2.45) is 0 Å². The van der Waals surface area contributed by atoms with Crippen LogP contribution >= 0.6 is 11.3 Å². The maximum absolute atomic E-state index is 12.4. The summed E-state index contributed by atoms with van der Waals surface area (Å²) in [5.74, 6) is 0.0740. The maximum atomic E-state index is 12.4. The second-order valence-electron chi connectivity index (χ2n) is 4.85. The lowest BCUT2D eigenvalue weighted by molar-refractivity contribution is 0.0393. The fourth-order valence-corrected chi connectivity index (χ4v) is 3.22. The second kappa shape index (κ2) is 6.85. The van der Waals surface area contributed by atoms with Gasteiger partial charge in [0, 0.05) is 19.5 Å². The molecule has 0 aliphatic carbocycles. The van der Waals surface area contributed by atoms with Crippen molar-refractivity contribution in [3.63, 3.8) is 0 Å². The largest absolute Gasteiger partial charge is 0.459 e. The Balaban J connectivity index is 2.03. The van der Waals surface area contributed by atoms with Gasteiger partial charge in [-0.15, -0.1) is 11.3 Å². The Kier molecular flexibility index (Phi) is 4.63. The number of hydrogen-bond acceptors (Lipinski definition) is 8. The number of rotatable bonds is 5. The number of fused-ring (bicyclic) bond motifs is 1. The van der Waals surface area contributed by atoms with Crippen LogP contribution in [0, 0.1) is 6.92 Å². The number of nitrogens with zero attached hydrogens (tertiary/aromatic N) is 3. The average Bonchev–Trinajstić information content (AvgIpc) is 2.93. The highest BCUT2D eigenvalue weighted by atomic mass is 32.1. The Morgan fingerprint density at radius 1 is 1.29 bits per heavy atom. The molecule has 0 aromatic carbocycles. The van der Waals surface area contributed by atoms with Crippen LogP contribution < -0.4 is 5.56 Å². The summed E-state index contributed by atoms with van der Waals surface area (Å²) in [6.45, 7) is 2.15. The summed E-state index contributed by atoms with van der Waals surface area (Å²) >= 11 is 1.11. The first-order valence-corrected chi connectivity index (χ1v) is 7.90. The normalized spacial score (nSPS) is 10.9. The SMILES string of the molecule is COCCOC(=O)c1sc2nc(-c3ncccn3)[nH]c(=O)c2c1C. The van der Waals surface area contributed by atoms with E-state index in [4.69, 9.17) is 9.47 Å². The summed E-state index contributed by atoms with van der Waals surface area (Å²) in [6.07, 6.45) is 3.12. The first-order valence-electron chi connectivity index (χ1n) is 7.08. The molecule has 0 amide bonds. The molecule has 0 bridgehead atoms. The summed E-state index contributed by atoms with van der Waals surface area (Å²) < 4.78 is 9.96. The second-order valence-corrected chi connectivity index (χ2v) is 5.85. The molecule has 3 heterocycles. The Labute approximate surface area is 140 Å². The van der Waals surface area contributed by atoms with Crippen molar-refractivity contribution in [3.8, 4) is 11.6 Å². The molecule has 124 valence electrons. The number of aromatic nitrogens is 4. The number of methoxy groups -OCH3 is 1. The number of ether oxygens (including phenoxy) is 2. The van der Waals surface area contributed by atoms with Gasteiger partial charge in [-0.25, -0.2) is 19.7 Å². The van der Waals surface area contributed by atoms with E-state index in [0.29, 0.717) is 33.1 Å². The van der Waals surface area contributed by atoms with Gasteiger partial charge in [0.05, 0.1) is 12.0 Å². The van der Waals surface area contributed by atoms with Gasteiger partial charge in [0.2, 0.25) is 0 Å². The van der Waals surface area contributed by atoms with Crippen molar-refractivity contribution in [3.05, 3.63) is 39.3 Å². The molecule has 9 heteroatoms. The van der Waals surface area contributed by atoms with Crippen molar-refractivity contribution in [1.82, 2.24) is 19.9 Å². The Morgan fingerprint density at radius 3 is 2.75 bits per heavy atom. The highest BCUT2D eigenvalue weighted by Gasteiger charge is 2.21. The van der Waals surface area contributed by atoms with Gasteiger partial charge in [-0.3, -0.25) is 4.79 Å². The van der Waals surface area contributed by atoms with Crippen LogP contribution in [0.5, 0.6) is 0 Å². The quantitative estimate of drug-likeness (QED) is 0.552. The van der Waals surface area contributed by atoms with Crippen LogP contribution in [-0.2, 0) is 9.47 Å². The van der Waals surface area contributed by atoms with E-state index in [9.17, 15) is 9.59 Å². The smallest absolute Gasteiger partial charge is 0.348 e. The van der Waals surface area contributed by atoms with E-state index in [1.807, 2.05) is 0 Å². The van der Waals surface area contributed by atoms with E-state index in [0.717, 1.165) is 11.3 Å². The summed E-state index contributed by atoms with van der Waals surface area (Å²) in [6, 6.07) is 1.67. The molecule has 3 rings (SSSR count).